The first-order valence-corrected chi connectivity index (χ1v) is 7.27. The molecule has 1 fully saturated rings. The Hall–Kier alpha value is -1.13. The van der Waals surface area contributed by atoms with E-state index in [-0.39, 0.29) is 18.6 Å². The molecule has 2 rings (SSSR count). The molecule has 1 aliphatic rings. The Morgan fingerprint density at radius 1 is 1.58 bits per heavy atom. The summed E-state index contributed by atoms with van der Waals surface area (Å²) < 4.78 is 0.983. The van der Waals surface area contributed by atoms with Gasteiger partial charge in [-0.05, 0) is 43.0 Å². The van der Waals surface area contributed by atoms with E-state index in [0.29, 0.717) is 0 Å². The van der Waals surface area contributed by atoms with Gasteiger partial charge < -0.3 is 10.0 Å². The average Bonchev–Trinajstić information content (AvgIpc) is 2.85. The monoisotopic (exact) mass is 323 g/mol. The Bertz CT molecular complexity index is 499. The van der Waals surface area contributed by atoms with Crippen molar-refractivity contribution in [1.29, 1.82) is 0 Å². The van der Waals surface area contributed by atoms with E-state index in [4.69, 9.17) is 0 Å². The van der Waals surface area contributed by atoms with Crippen LogP contribution in [0.4, 0.5) is 0 Å². The van der Waals surface area contributed by atoms with Gasteiger partial charge in [-0.2, -0.15) is 0 Å². The van der Waals surface area contributed by atoms with Gasteiger partial charge in [-0.3, -0.25) is 4.79 Å². The number of nitrogens with zero attached hydrogens (tertiary/aromatic N) is 1. The number of likely N-dealkylation sites (tertiary alicyclic amines) is 1. The maximum absolute atomic E-state index is 12.1. The molecule has 0 bridgehead atoms. The van der Waals surface area contributed by atoms with Crippen molar-refractivity contribution < 1.29 is 9.90 Å². The number of aliphatic hydroxyl groups is 1. The standard InChI is InChI=1S/C15H18BrNO2/c1-11-4-5-12(14(16)9-11)6-7-15(19)17-8-2-3-13(17)10-18/h4-7,9,13,18H,2-3,8,10H2,1H3/t13-/m1/s1. The number of amides is 1. The minimum atomic E-state index is -0.0241. The normalized spacial score (nSPS) is 19.3. The molecule has 1 aromatic carbocycles. The smallest absolute Gasteiger partial charge is 0.246 e. The van der Waals surface area contributed by atoms with Crippen molar-refractivity contribution in [2.24, 2.45) is 0 Å². The molecule has 1 heterocycles. The number of rotatable bonds is 3. The summed E-state index contributed by atoms with van der Waals surface area (Å²) in [5.74, 6) is -0.0241. The third-order valence-corrected chi connectivity index (χ3v) is 4.12. The highest BCUT2D eigenvalue weighted by atomic mass is 79.9. The van der Waals surface area contributed by atoms with Gasteiger partial charge in [0.15, 0.2) is 0 Å². The molecule has 1 N–H and O–H groups in total. The van der Waals surface area contributed by atoms with Crippen LogP contribution >= 0.6 is 15.9 Å². The van der Waals surface area contributed by atoms with E-state index >= 15 is 0 Å². The van der Waals surface area contributed by atoms with Crippen molar-refractivity contribution in [1.82, 2.24) is 4.90 Å². The molecular weight excluding hydrogens is 306 g/mol. The summed E-state index contributed by atoms with van der Waals surface area (Å²) in [4.78, 5) is 13.8. The van der Waals surface area contributed by atoms with Crippen LogP contribution in [0, 0.1) is 6.92 Å². The largest absolute Gasteiger partial charge is 0.394 e. The minimum absolute atomic E-state index is 0.0152. The fourth-order valence-electron chi connectivity index (χ4n) is 2.34. The predicted octanol–water partition coefficient (Wildman–Crippen LogP) is 2.75. The molecule has 1 saturated heterocycles. The van der Waals surface area contributed by atoms with E-state index in [1.165, 1.54) is 5.56 Å². The molecule has 1 aliphatic heterocycles. The topological polar surface area (TPSA) is 40.5 Å². The van der Waals surface area contributed by atoms with E-state index in [9.17, 15) is 9.90 Å². The maximum Gasteiger partial charge on any atom is 0.246 e. The molecule has 0 unspecified atom stereocenters. The van der Waals surface area contributed by atoms with Gasteiger partial charge in [0, 0.05) is 17.1 Å². The Labute approximate surface area is 122 Å². The summed E-state index contributed by atoms with van der Waals surface area (Å²) in [7, 11) is 0. The SMILES string of the molecule is Cc1ccc(C=CC(=O)N2CCC[C@@H]2CO)c(Br)c1. The molecule has 102 valence electrons. The summed E-state index contributed by atoms with van der Waals surface area (Å²) >= 11 is 3.49. The van der Waals surface area contributed by atoms with Gasteiger partial charge >= 0.3 is 0 Å². The summed E-state index contributed by atoms with van der Waals surface area (Å²) in [6, 6.07) is 6.01. The molecule has 4 heteroatoms. The van der Waals surface area contributed by atoms with Gasteiger partial charge in [-0.15, -0.1) is 0 Å². The molecule has 19 heavy (non-hydrogen) atoms. The molecule has 3 nitrogen and oxygen atoms in total. The third-order valence-electron chi connectivity index (χ3n) is 3.43. The zero-order valence-electron chi connectivity index (χ0n) is 11.0. The highest BCUT2D eigenvalue weighted by molar-refractivity contribution is 9.10. The molecule has 0 radical (unpaired) electrons. The van der Waals surface area contributed by atoms with Crippen LogP contribution < -0.4 is 0 Å². The quantitative estimate of drug-likeness (QED) is 0.869. The first-order valence-electron chi connectivity index (χ1n) is 6.47. The molecule has 1 aromatic rings. The first kappa shape index (κ1) is 14.3. The summed E-state index contributed by atoms with van der Waals surface area (Å²) in [6.45, 7) is 2.82. The highest BCUT2D eigenvalue weighted by Crippen LogP contribution is 2.21. The number of carbonyl (C=O) groups excluding carboxylic acids is 1. The van der Waals surface area contributed by atoms with Crippen LogP contribution in [-0.4, -0.2) is 35.1 Å². The van der Waals surface area contributed by atoms with Crippen molar-refractivity contribution in [2.75, 3.05) is 13.2 Å². The van der Waals surface area contributed by atoms with Crippen LogP contribution in [0.2, 0.25) is 0 Å². The number of hydrogen-bond donors (Lipinski definition) is 1. The van der Waals surface area contributed by atoms with Gasteiger partial charge in [0.05, 0.1) is 12.6 Å². The minimum Gasteiger partial charge on any atom is -0.394 e. The Morgan fingerprint density at radius 3 is 3.05 bits per heavy atom. The van der Waals surface area contributed by atoms with E-state index in [0.717, 1.165) is 29.4 Å². The molecule has 0 saturated carbocycles. The lowest BCUT2D eigenvalue weighted by atomic mass is 10.1. The van der Waals surface area contributed by atoms with E-state index in [1.54, 1.807) is 11.0 Å². The zero-order valence-corrected chi connectivity index (χ0v) is 12.6. The fourth-order valence-corrected chi connectivity index (χ4v) is 2.97. The number of halogens is 1. The summed E-state index contributed by atoms with van der Waals surface area (Å²) in [5.41, 5.74) is 2.16. The Balaban J connectivity index is 2.07. The van der Waals surface area contributed by atoms with E-state index < -0.39 is 0 Å². The molecule has 1 amide bonds. The number of aryl methyl sites for hydroxylation is 1. The Morgan fingerprint density at radius 2 is 2.37 bits per heavy atom. The maximum atomic E-state index is 12.1. The zero-order chi connectivity index (χ0) is 13.8. The van der Waals surface area contributed by atoms with Crippen molar-refractivity contribution >= 4 is 27.9 Å². The van der Waals surface area contributed by atoms with Crippen LogP contribution in [0.15, 0.2) is 28.7 Å². The lowest BCUT2D eigenvalue weighted by molar-refractivity contribution is -0.127. The van der Waals surface area contributed by atoms with E-state index in [2.05, 4.69) is 15.9 Å². The number of benzene rings is 1. The van der Waals surface area contributed by atoms with Crippen molar-refractivity contribution in [3.63, 3.8) is 0 Å². The second-order valence-corrected chi connectivity index (χ2v) is 5.72. The molecule has 1 atom stereocenters. The second kappa shape index (κ2) is 6.35. The van der Waals surface area contributed by atoms with Crippen LogP contribution in [0.25, 0.3) is 6.08 Å². The number of carbonyl (C=O) groups is 1. The van der Waals surface area contributed by atoms with Crippen LogP contribution in [0.3, 0.4) is 0 Å². The second-order valence-electron chi connectivity index (χ2n) is 4.87. The van der Waals surface area contributed by atoms with E-state index in [1.807, 2.05) is 31.2 Å². The van der Waals surface area contributed by atoms with Crippen LogP contribution in [-0.2, 0) is 4.79 Å². The van der Waals surface area contributed by atoms with Crippen LogP contribution in [0.1, 0.15) is 24.0 Å². The summed E-state index contributed by atoms with van der Waals surface area (Å²) in [6.07, 6.45) is 5.27. The molecule has 0 aliphatic carbocycles. The van der Waals surface area contributed by atoms with Crippen molar-refractivity contribution in [3.8, 4) is 0 Å². The first-order chi connectivity index (χ1) is 9.11. The van der Waals surface area contributed by atoms with Gasteiger partial charge in [-0.25, -0.2) is 0 Å². The van der Waals surface area contributed by atoms with Gasteiger partial charge in [0.2, 0.25) is 5.91 Å². The third kappa shape index (κ3) is 3.45. The molecular formula is C15H18BrNO2. The van der Waals surface area contributed by atoms with Crippen molar-refractivity contribution in [2.45, 2.75) is 25.8 Å². The lowest BCUT2D eigenvalue weighted by Crippen LogP contribution is -2.36. The predicted molar refractivity (Wildman–Crippen MR) is 79.7 cm³/mol. The lowest BCUT2D eigenvalue weighted by Gasteiger charge is -2.21. The van der Waals surface area contributed by atoms with Crippen molar-refractivity contribution in [3.05, 3.63) is 39.9 Å². The Kier molecular flexibility index (Phi) is 4.77. The highest BCUT2D eigenvalue weighted by Gasteiger charge is 2.26. The van der Waals surface area contributed by atoms with Gasteiger partial charge in [-0.1, -0.05) is 28.1 Å². The molecule has 0 spiro atoms. The molecule has 0 aromatic heterocycles. The van der Waals surface area contributed by atoms with Gasteiger partial charge in [0.25, 0.3) is 0 Å². The van der Waals surface area contributed by atoms with Crippen LogP contribution in [0.5, 0.6) is 0 Å². The fraction of sp³-hybridized carbons (Fsp3) is 0.400. The summed E-state index contributed by atoms with van der Waals surface area (Å²) in [5, 5.41) is 9.22. The number of hydrogen-bond acceptors (Lipinski definition) is 2. The number of aliphatic hydroxyl groups excluding tert-OH is 1. The van der Waals surface area contributed by atoms with Gasteiger partial charge in [0.1, 0.15) is 0 Å². The average molecular weight is 324 g/mol.